The highest BCUT2D eigenvalue weighted by molar-refractivity contribution is 8.26. The molecule has 2 aromatic heterocycles. The lowest BCUT2D eigenvalue weighted by Crippen LogP contribution is -2.47. The Kier molecular flexibility index (Phi) is 7.31. The lowest BCUT2D eigenvalue weighted by atomic mass is 10.2. The molecular formula is C30H25F2N5O2S2. The van der Waals surface area contributed by atoms with E-state index in [9.17, 15) is 18.4 Å². The summed E-state index contributed by atoms with van der Waals surface area (Å²) < 4.78 is 29.6. The van der Waals surface area contributed by atoms with Crippen LogP contribution >= 0.6 is 24.0 Å². The highest BCUT2D eigenvalue weighted by Crippen LogP contribution is 2.35. The minimum Gasteiger partial charge on any atom is -0.366 e. The summed E-state index contributed by atoms with van der Waals surface area (Å²) in [5.74, 6) is -0.488. The number of aryl methyl sites for hydroxylation is 1. The number of amides is 1. The molecule has 0 N–H and O–H groups in total. The number of hydrogen-bond acceptors (Lipinski definition) is 7. The molecule has 2 aliphatic rings. The van der Waals surface area contributed by atoms with Crippen LogP contribution in [-0.2, 0) is 11.3 Å². The average molecular weight is 590 g/mol. The van der Waals surface area contributed by atoms with E-state index >= 15 is 0 Å². The number of para-hydroxylation sites is 1. The molecule has 4 heterocycles. The summed E-state index contributed by atoms with van der Waals surface area (Å²) >= 11 is 6.62. The first-order valence-electron chi connectivity index (χ1n) is 13.1. The number of aromatic nitrogens is 2. The molecule has 1 amide bonds. The quantitative estimate of drug-likeness (QED) is 0.240. The molecule has 2 saturated heterocycles. The number of anilines is 2. The Morgan fingerprint density at radius 1 is 0.951 bits per heavy atom. The van der Waals surface area contributed by atoms with Crippen molar-refractivity contribution in [2.45, 2.75) is 13.5 Å². The molecule has 4 aromatic rings. The number of nitrogens with zero attached hydrogens (tertiary/aromatic N) is 5. The zero-order valence-corrected chi connectivity index (χ0v) is 23.7. The molecule has 2 fully saturated rings. The van der Waals surface area contributed by atoms with Gasteiger partial charge in [0.05, 0.1) is 22.7 Å². The van der Waals surface area contributed by atoms with Crippen molar-refractivity contribution in [2.24, 2.45) is 0 Å². The van der Waals surface area contributed by atoms with E-state index in [0.717, 1.165) is 22.9 Å². The van der Waals surface area contributed by atoms with Gasteiger partial charge in [0.25, 0.3) is 11.5 Å². The number of thioether (sulfide) groups is 1. The third-order valence-electron chi connectivity index (χ3n) is 7.24. The number of carbonyl (C=O) groups excluding carboxylic acids is 1. The number of pyridine rings is 1. The number of piperazine rings is 1. The summed E-state index contributed by atoms with van der Waals surface area (Å²) in [6.45, 7) is 4.18. The zero-order chi connectivity index (χ0) is 28.7. The maximum atomic E-state index is 14.4. The number of thiocarbonyl (C=S) groups is 1. The van der Waals surface area contributed by atoms with Crippen LogP contribution in [0.1, 0.15) is 16.7 Å². The topological polar surface area (TPSA) is 61.2 Å². The molecule has 0 radical (unpaired) electrons. The molecule has 7 nitrogen and oxygen atoms in total. The van der Waals surface area contributed by atoms with Crippen molar-refractivity contribution >= 4 is 57.4 Å². The second-order valence-electron chi connectivity index (χ2n) is 9.86. The monoisotopic (exact) mass is 589 g/mol. The average Bonchev–Trinajstić information content (AvgIpc) is 3.23. The summed E-state index contributed by atoms with van der Waals surface area (Å²) in [7, 11) is 0. The second kappa shape index (κ2) is 11.1. The Morgan fingerprint density at radius 2 is 1.66 bits per heavy atom. The van der Waals surface area contributed by atoms with E-state index in [-0.39, 0.29) is 35.2 Å². The molecule has 208 valence electrons. The van der Waals surface area contributed by atoms with Crippen LogP contribution in [0.3, 0.4) is 0 Å². The number of carbonyl (C=O) groups is 1. The van der Waals surface area contributed by atoms with Crippen molar-refractivity contribution in [2.75, 3.05) is 36.0 Å². The number of halogens is 2. The van der Waals surface area contributed by atoms with Gasteiger partial charge in [-0.3, -0.25) is 18.9 Å². The van der Waals surface area contributed by atoms with Gasteiger partial charge in [-0.15, -0.1) is 0 Å². The number of rotatable bonds is 5. The van der Waals surface area contributed by atoms with E-state index in [0.29, 0.717) is 52.6 Å². The molecule has 0 atom stereocenters. The molecule has 0 unspecified atom stereocenters. The van der Waals surface area contributed by atoms with Crippen LogP contribution in [0.25, 0.3) is 11.7 Å². The van der Waals surface area contributed by atoms with E-state index in [1.165, 1.54) is 27.5 Å². The smallest absolute Gasteiger partial charge is 0.267 e. The van der Waals surface area contributed by atoms with Gasteiger partial charge in [0.1, 0.15) is 27.4 Å². The highest BCUT2D eigenvalue weighted by atomic mass is 32.2. The van der Waals surface area contributed by atoms with Gasteiger partial charge in [-0.2, -0.15) is 0 Å². The van der Waals surface area contributed by atoms with Crippen LogP contribution in [0.15, 0.2) is 76.6 Å². The summed E-state index contributed by atoms with van der Waals surface area (Å²) in [4.78, 5) is 37.9. The number of benzene rings is 2. The summed E-state index contributed by atoms with van der Waals surface area (Å²) in [6.07, 6.45) is 3.24. The van der Waals surface area contributed by atoms with E-state index in [1.807, 2.05) is 28.9 Å². The molecule has 41 heavy (non-hydrogen) atoms. The number of fused-ring (bicyclic) bond motifs is 1. The lowest BCUT2D eigenvalue weighted by Gasteiger charge is -2.37. The van der Waals surface area contributed by atoms with Crippen LogP contribution < -0.4 is 15.4 Å². The zero-order valence-electron chi connectivity index (χ0n) is 22.1. The molecule has 0 spiro atoms. The molecule has 2 aliphatic heterocycles. The molecule has 0 saturated carbocycles. The standard InChI is InChI=1S/C30H25F2N5O2S2/c1-19-5-4-12-36-26(19)33-27(35-15-13-34(14-16-35)24-7-3-2-6-23(24)32)22(28(36)38)17-25-29(39)37(30(40)41-25)18-20-8-10-21(31)11-9-20/h2-12,17H,13-16,18H2,1H3/b25-17+. The molecule has 6 rings (SSSR count). The summed E-state index contributed by atoms with van der Waals surface area (Å²) in [5.41, 5.74) is 2.64. The van der Waals surface area contributed by atoms with Crippen molar-refractivity contribution in [1.29, 1.82) is 0 Å². The molecule has 2 aromatic carbocycles. The molecule has 11 heteroatoms. The molecule has 0 bridgehead atoms. The normalized spacial score (nSPS) is 16.9. The van der Waals surface area contributed by atoms with Crippen molar-refractivity contribution in [3.63, 3.8) is 0 Å². The minimum atomic E-state index is -0.360. The van der Waals surface area contributed by atoms with Gasteiger partial charge in [-0.25, -0.2) is 13.8 Å². The highest BCUT2D eigenvalue weighted by Gasteiger charge is 2.33. The van der Waals surface area contributed by atoms with Crippen LogP contribution in [0, 0.1) is 18.6 Å². The predicted octanol–water partition coefficient (Wildman–Crippen LogP) is 5.01. The van der Waals surface area contributed by atoms with Gasteiger partial charge in [0.15, 0.2) is 0 Å². The van der Waals surface area contributed by atoms with Crippen LogP contribution in [0.2, 0.25) is 0 Å². The fourth-order valence-electron chi connectivity index (χ4n) is 5.07. The van der Waals surface area contributed by atoms with Gasteiger partial charge in [0.2, 0.25) is 0 Å². The van der Waals surface area contributed by atoms with Crippen molar-refractivity contribution in [1.82, 2.24) is 14.3 Å². The van der Waals surface area contributed by atoms with Crippen molar-refractivity contribution in [3.05, 3.63) is 110 Å². The maximum absolute atomic E-state index is 14.4. The van der Waals surface area contributed by atoms with Crippen LogP contribution in [0.5, 0.6) is 0 Å². The Bertz CT molecular complexity index is 1770. The predicted molar refractivity (Wildman–Crippen MR) is 162 cm³/mol. The molecular weight excluding hydrogens is 564 g/mol. The Morgan fingerprint density at radius 3 is 2.39 bits per heavy atom. The van der Waals surface area contributed by atoms with Gasteiger partial charge in [0, 0.05) is 32.4 Å². The largest absolute Gasteiger partial charge is 0.366 e. The first-order chi connectivity index (χ1) is 19.8. The van der Waals surface area contributed by atoms with E-state index < -0.39 is 0 Å². The van der Waals surface area contributed by atoms with E-state index in [4.69, 9.17) is 17.2 Å². The maximum Gasteiger partial charge on any atom is 0.267 e. The summed E-state index contributed by atoms with van der Waals surface area (Å²) in [6, 6.07) is 16.2. The fourth-order valence-corrected chi connectivity index (χ4v) is 6.31. The summed E-state index contributed by atoms with van der Waals surface area (Å²) in [5, 5.41) is 0. The number of hydrogen-bond donors (Lipinski definition) is 0. The third-order valence-corrected chi connectivity index (χ3v) is 8.62. The third kappa shape index (κ3) is 5.22. The SMILES string of the molecule is Cc1cccn2c(=O)c(/C=C3/SC(=S)N(Cc4ccc(F)cc4)C3=O)c(N3CCN(c4ccccc4F)CC3)nc12. The van der Waals surface area contributed by atoms with Crippen molar-refractivity contribution in [3.8, 4) is 0 Å². The van der Waals surface area contributed by atoms with Gasteiger partial charge in [-0.1, -0.05) is 54.3 Å². The Balaban J connectivity index is 1.35. The Labute approximate surface area is 244 Å². The molecule has 0 aliphatic carbocycles. The first-order valence-corrected chi connectivity index (χ1v) is 14.3. The van der Waals surface area contributed by atoms with E-state index in [2.05, 4.69) is 0 Å². The Hall–Kier alpha value is -4.09. The minimum absolute atomic E-state index is 0.196. The van der Waals surface area contributed by atoms with Crippen molar-refractivity contribution < 1.29 is 13.6 Å². The van der Waals surface area contributed by atoms with Crippen LogP contribution in [0.4, 0.5) is 20.3 Å². The lowest BCUT2D eigenvalue weighted by molar-refractivity contribution is -0.122. The van der Waals surface area contributed by atoms with Crippen LogP contribution in [-0.4, -0.2) is 50.7 Å². The van der Waals surface area contributed by atoms with Gasteiger partial charge < -0.3 is 9.80 Å². The fraction of sp³-hybridized carbons (Fsp3) is 0.200. The van der Waals surface area contributed by atoms with Gasteiger partial charge in [-0.05, 0) is 54.5 Å². The second-order valence-corrected chi connectivity index (χ2v) is 11.5. The van der Waals surface area contributed by atoms with Gasteiger partial charge >= 0.3 is 0 Å². The first kappa shape index (κ1) is 27.1. The van der Waals surface area contributed by atoms with E-state index in [1.54, 1.807) is 42.6 Å².